The summed E-state index contributed by atoms with van der Waals surface area (Å²) >= 11 is 6.05. The van der Waals surface area contributed by atoms with E-state index in [0.29, 0.717) is 5.02 Å². The van der Waals surface area contributed by atoms with Crippen LogP contribution in [-0.4, -0.2) is 41.4 Å². The van der Waals surface area contributed by atoms with Crippen LogP contribution in [0.5, 0.6) is 0 Å². The Labute approximate surface area is 174 Å². The lowest BCUT2D eigenvalue weighted by atomic mass is 10.0. The molecule has 6 heteroatoms. The number of halogens is 1. The van der Waals surface area contributed by atoms with Gasteiger partial charge in [0.05, 0.1) is 0 Å². The van der Waals surface area contributed by atoms with Crippen molar-refractivity contribution < 1.29 is 0 Å². The van der Waals surface area contributed by atoms with Gasteiger partial charge in [-0.05, 0) is 24.3 Å². The molecule has 1 saturated heterocycles. The zero-order valence-corrected chi connectivity index (χ0v) is 16.6. The topological polar surface area (TPSA) is 45.2 Å². The van der Waals surface area contributed by atoms with Crippen molar-refractivity contribution in [1.29, 1.82) is 0 Å². The summed E-state index contributed by atoms with van der Waals surface area (Å²) in [5.74, 6) is 1.97. The minimum Gasteiger partial charge on any atom is -0.353 e. The lowest BCUT2D eigenvalue weighted by Gasteiger charge is -2.36. The quantitative estimate of drug-likeness (QED) is 0.499. The van der Waals surface area contributed by atoms with Crippen LogP contribution in [0.15, 0.2) is 72.9 Å². The Kier molecular flexibility index (Phi) is 4.74. The predicted octanol–water partition coefficient (Wildman–Crippen LogP) is 4.67. The molecule has 0 unspecified atom stereocenters. The number of nitrogens with zero attached hydrogens (tertiary/aromatic N) is 5. The number of aromatic nitrogens is 3. The Balaban J connectivity index is 1.46. The highest BCUT2D eigenvalue weighted by atomic mass is 35.5. The van der Waals surface area contributed by atoms with E-state index < -0.39 is 0 Å². The van der Waals surface area contributed by atoms with Gasteiger partial charge in [-0.15, -0.1) is 10.2 Å². The van der Waals surface area contributed by atoms with Gasteiger partial charge in [0.25, 0.3) is 0 Å². The molecule has 0 atom stereocenters. The van der Waals surface area contributed by atoms with E-state index in [-0.39, 0.29) is 0 Å². The Morgan fingerprint density at radius 3 is 2.10 bits per heavy atom. The molecule has 0 aliphatic carbocycles. The molecule has 5 rings (SSSR count). The molecular weight excluding hydrogens is 382 g/mol. The first-order chi connectivity index (χ1) is 14.3. The number of anilines is 2. The third-order valence-corrected chi connectivity index (χ3v) is 5.59. The molecule has 0 radical (unpaired) electrons. The molecule has 3 heterocycles. The van der Waals surface area contributed by atoms with Crippen LogP contribution in [0.25, 0.3) is 22.0 Å². The number of fused-ring (bicyclic) bond motifs is 1. The second kappa shape index (κ2) is 7.68. The van der Waals surface area contributed by atoms with E-state index in [2.05, 4.69) is 49.2 Å². The first-order valence-corrected chi connectivity index (χ1v) is 10.1. The van der Waals surface area contributed by atoms with Crippen LogP contribution in [-0.2, 0) is 0 Å². The molecule has 0 amide bonds. The number of hydrogen-bond donors (Lipinski definition) is 0. The van der Waals surface area contributed by atoms with Gasteiger partial charge in [-0.3, -0.25) is 0 Å². The first-order valence-electron chi connectivity index (χ1n) is 9.72. The number of pyridine rings is 1. The van der Waals surface area contributed by atoms with Crippen LogP contribution >= 0.6 is 11.6 Å². The van der Waals surface area contributed by atoms with Crippen LogP contribution in [0.3, 0.4) is 0 Å². The maximum Gasteiger partial charge on any atom is 0.159 e. The van der Waals surface area contributed by atoms with Gasteiger partial charge in [-0.25, -0.2) is 4.98 Å². The van der Waals surface area contributed by atoms with Crippen LogP contribution < -0.4 is 9.80 Å². The van der Waals surface area contributed by atoms with Gasteiger partial charge in [0.1, 0.15) is 11.5 Å². The van der Waals surface area contributed by atoms with Gasteiger partial charge in [-0.2, -0.15) is 0 Å². The zero-order chi connectivity index (χ0) is 19.6. The Hall–Kier alpha value is -3.18. The van der Waals surface area contributed by atoms with Crippen molar-refractivity contribution in [3.63, 3.8) is 0 Å². The van der Waals surface area contributed by atoms with E-state index in [1.165, 1.54) is 0 Å². The summed E-state index contributed by atoms with van der Waals surface area (Å²) in [5.41, 5.74) is 1.90. The average molecular weight is 402 g/mol. The maximum atomic E-state index is 6.05. The van der Waals surface area contributed by atoms with Gasteiger partial charge < -0.3 is 9.80 Å². The molecule has 1 aliphatic heterocycles. The average Bonchev–Trinajstić information content (AvgIpc) is 2.80. The standard InChI is InChI=1S/C23H20ClN5/c24-18-10-8-17(9-11-18)22-19-5-1-2-6-20(19)23(27-26-22)29-15-13-28(14-16-29)21-7-3-4-12-25-21/h1-12H,13-16H2. The molecule has 29 heavy (non-hydrogen) atoms. The molecule has 2 aromatic heterocycles. The fourth-order valence-corrected chi connectivity index (χ4v) is 3.96. The van der Waals surface area contributed by atoms with E-state index in [0.717, 1.165) is 59.8 Å². The van der Waals surface area contributed by atoms with Crippen molar-refractivity contribution in [3.8, 4) is 11.3 Å². The van der Waals surface area contributed by atoms with E-state index in [1.807, 2.05) is 48.7 Å². The molecule has 2 aromatic carbocycles. The molecule has 0 N–H and O–H groups in total. The van der Waals surface area contributed by atoms with Gasteiger partial charge in [-0.1, -0.05) is 54.1 Å². The van der Waals surface area contributed by atoms with Crippen molar-refractivity contribution in [1.82, 2.24) is 15.2 Å². The Bertz CT molecular complexity index is 1120. The summed E-state index contributed by atoms with van der Waals surface area (Å²) in [6.45, 7) is 3.59. The molecule has 0 bridgehead atoms. The SMILES string of the molecule is Clc1ccc(-c2nnc(N3CCN(c4ccccn4)CC3)c3ccccc23)cc1. The minimum absolute atomic E-state index is 0.716. The predicted molar refractivity (Wildman–Crippen MR) is 119 cm³/mol. The summed E-state index contributed by atoms with van der Waals surface area (Å²) in [5, 5.41) is 12.2. The number of piperazine rings is 1. The second-order valence-corrected chi connectivity index (χ2v) is 7.52. The van der Waals surface area contributed by atoms with E-state index in [4.69, 9.17) is 11.6 Å². The van der Waals surface area contributed by atoms with Crippen LogP contribution in [0.1, 0.15) is 0 Å². The van der Waals surface area contributed by atoms with Crippen molar-refractivity contribution in [2.45, 2.75) is 0 Å². The van der Waals surface area contributed by atoms with Crippen molar-refractivity contribution in [3.05, 3.63) is 77.9 Å². The minimum atomic E-state index is 0.716. The highest BCUT2D eigenvalue weighted by molar-refractivity contribution is 6.30. The van der Waals surface area contributed by atoms with Crippen molar-refractivity contribution in [2.24, 2.45) is 0 Å². The van der Waals surface area contributed by atoms with Gasteiger partial charge >= 0.3 is 0 Å². The molecule has 4 aromatic rings. The highest BCUT2D eigenvalue weighted by Gasteiger charge is 2.22. The smallest absolute Gasteiger partial charge is 0.159 e. The van der Waals surface area contributed by atoms with Crippen molar-refractivity contribution >= 4 is 34.0 Å². The van der Waals surface area contributed by atoms with Crippen LogP contribution in [0.4, 0.5) is 11.6 Å². The largest absolute Gasteiger partial charge is 0.353 e. The summed E-state index contributed by atoms with van der Waals surface area (Å²) < 4.78 is 0. The Morgan fingerprint density at radius 1 is 0.690 bits per heavy atom. The summed E-state index contributed by atoms with van der Waals surface area (Å²) in [4.78, 5) is 9.11. The molecule has 1 fully saturated rings. The highest BCUT2D eigenvalue weighted by Crippen LogP contribution is 2.32. The lowest BCUT2D eigenvalue weighted by Crippen LogP contribution is -2.47. The molecule has 0 saturated carbocycles. The monoisotopic (exact) mass is 401 g/mol. The Morgan fingerprint density at radius 2 is 1.38 bits per heavy atom. The van der Waals surface area contributed by atoms with E-state index >= 15 is 0 Å². The number of rotatable bonds is 3. The van der Waals surface area contributed by atoms with E-state index in [9.17, 15) is 0 Å². The van der Waals surface area contributed by atoms with E-state index in [1.54, 1.807) is 0 Å². The second-order valence-electron chi connectivity index (χ2n) is 7.09. The van der Waals surface area contributed by atoms with Gasteiger partial charge in [0, 0.05) is 53.7 Å². The fraction of sp³-hybridized carbons (Fsp3) is 0.174. The zero-order valence-electron chi connectivity index (χ0n) is 15.9. The van der Waals surface area contributed by atoms with Crippen LogP contribution in [0.2, 0.25) is 5.02 Å². The van der Waals surface area contributed by atoms with Gasteiger partial charge in [0.2, 0.25) is 0 Å². The van der Waals surface area contributed by atoms with Gasteiger partial charge in [0.15, 0.2) is 5.82 Å². The first kappa shape index (κ1) is 17.9. The normalized spacial score (nSPS) is 14.4. The molecule has 1 aliphatic rings. The van der Waals surface area contributed by atoms with Crippen molar-refractivity contribution in [2.75, 3.05) is 36.0 Å². The summed E-state index contributed by atoms with van der Waals surface area (Å²) in [6.07, 6.45) is 1.84. The third kappa shape index (κ3) is 3.49. The maximum absolute atomic E-state index is 6.05. The molecular formula is C23H20ClN5. The van der Waals surface area contributed by atoms with Crippen LogP contribution in [0, 0.1) is 0 Å². The third-order valence-electron chi connectivity index (χ3n) is 5.34. The number of benzene rings is 2. The molecule has 5 nitrogen and oxygen atoms in total. The fourth-order valence-electron chi connectivity index (χ4n) is 3.83. The molecule has 0 spiro atoms. The summed E-state index contributed by atoms with van der Waals surface area (Å²) in [6, 6.07) is 22.1. The number of hydrogen-bond acceptors (Lipinski definition) is 5. The summed E-state index contributed by atoms with van der Waals surface area (Å²) in [7, 11) is 0. The lowest BCUT2D eigenvalue weighted by molar-refractivity contribution is 0.640. The molecule has 144 valence electrons.